The Morgan fingerprint density at radius 2 is 1.67 bits per heavy atom. The molecule has 0 radical (unpaired) electrons. The minimum absolute atomic E-state index is 0.227. The lowest BCUT2D eigenvalue weighted by Crippen LogP contribution is -2.13. The average Bonchev–Trinajstić information content (AvgIpc) is 2.70. The molecule has 0 heterocycles. The molecule has 0 aliphatic carbocycles. The monoisotopic (exact) mass is 398 g/mol. The second-order valence-corrected chi connectivity index (χ2v) is 6.91. The van der Waals surface area contributed by atoms with Crippen molar-refractivity contribution in [3.05, 3.63) is 93.5 Å². The molecule has 0 aliphatic heterocycles. The Kier molecular flexibility index (Phi) is 6.38. The molecular weight excluding hydrogens is 379 g/mol. The van der Waals surface area contributed by atoms with Crippen molar-refractivity contribution in [3.63, 3.8) is 0 Å². The number of hydrogen-bond donors (Lipinski definition) is 2. The van der Waals surface area contributed by atoms with Crippen LogP contribution in [0.5, 0.6) is 0 Å². The number of anilines is 2. The summed E-state index contributed by atoms with van der Waals surface area (Å²) in [5.41, 5.74) is 4.46. The maximum absolute atomic E-state index is 12.6. The van der Waals surface area contributed by atoms with Crippen LogP contribution in [0.3, 0.4) is 0 Å². The third kappa shape index (κ3) is 4.82. The van der Waals surface area contributed by atoms with Crippen molar-refractivity contribution in [3.8, 4) is 0 Å². The first-order chi connectivity index (χ1) is 13.1. The van der Waals surface area contributed by atoms with Gasteiger partial charge >= 0.3 is 0 Å². The second-order valence-electron chi connectivity index (χ2n) is 6.12. The topological polar surface area (TPSA) is 41.1 Å². The van der Waals surface area contributed by atoms with Crippen LogP contribution in [0, 0.1) is 0 Å². The fourth-order valence-electron chi connectivity index (χ4n) is 2.82. The van der Waals surface area contributed by atoms with Crippen LogP contribution in [-0.4, -0.2) is 5.91 Å². The highest BCUT2D eigenvalue weighted by atomic mass is 35.5. The molecule has 0 bridgehead atoms. The van der Waals surface area contributed by atoms with E-state index in [9.17, 15) is 4.79 Å². The Morgan fingerprint density at radius 1 is 0.926 bits per heavy atom. The highest BCUT2D eigenvalue weighted by Crippen LogP contribution is 2.29. The summed E-state index contributed by atoms with van der Waals surface area (Å²) in [6.07, 6.45) is 0.964. The average molecular weight is 399 g/mol. The largest absolute Gasteiger partial charge is 0.381 e. The minimum atomic E-state index is -0.227. The highest BCUT2D eigenvalue weighted by molar-refractivity contribution is 6.44. The van der Waals surface area contributed by atoms with E-state index in [0.717, 1.165) is 17.7 Å². The number of aryl methyl sites for hydroxylation is 1. The van der Waals surface area contributed by atoms with Crippen molar-refractivity contribution in [2.24, 2.45) is 0 Å². The van der Waals surface area contributed by atoms with E-state index in [1.54, 1.807) is 24.3 Å². The molecule has 1 amide bonds. The van der Waals surface area contributed by atoms with E-state index >= 15 is 0 Å². The van der Waals surface area contributed by atoms with E-state index in [4.69, 9.17) is 23.2 Å². The molecule has 3 rings (SSSR count). The molecular formula is C22H20Cl2N2O. The van der Waals surface area contributed by atoms with Gasteiger partial charge in [0.2, 0.25) is 0 Å². The molecule has 0 unspecified atom stereocenters. The smallest absolute Gasteiger partial charge is 0.255 e. The lowest BCUT2D eigenvalue weighted by Gasteiger charge is -2.12. The maximum atomic E-state index is 12.6. The summed E-state index contributed by atoms with van der Waals surface area (Å²) >= 11 is 12.1. The van der Waals surface area contributed by atoms with E-state index in [2.05, 4.69) is 29.7 Å². The molecule has 3 aromatic carbocycles. The Morgan fingerprint density at radius 3 is 2.48 bits per heavy atom. The van der Waals surface area contributed by atoms with E-state index in [1.165, 1.54) is 5.56 Å². The quantitative estimate of drug-likeness (QED) is 0.502. The zero-order valence-corrected chi connectivity index (χ0v) is 16.4. The van der Waals surface area contributed by atoms with Crippen LogP contribution in [0.2, 0.25) is 10.0 Å². The predicted molar refractivity (Wildman–Crippen MR) is 114 cm³/mol. The normalized spacial score (nSPS) is 10.5. The van der Waals surface area contributed by atoms with Gasteiger partial charge in [0.1, 0.15) is 0 Å². The molecule has 0 atom stereocenters. The summed E-state index contributed by atoms with van der Waals surface area (Å²) in [6, 6.07) is 20.9. The molecule has 3 aromatic rings. The van der Waals surface area contributed by atoms with Gasteiger partial charge < -0.3 is 10.6 Å². The number of rotatable bonds is 6. The molecule has 2 N–H and O–H groups in total. The van der Waals surface area contributed by atoms with Crippen molar-refractivity contribution in [1.29, 1.82) is 0 Å². The van der Waals surface area contributed by atoms with Crippen LogP contribution in [0.4, 0.5) is 11.4 Å². The summed E-state index contributed by atoms with van der Waals surface area (Å²) in [4.78, 5) is 12.6. The van der Waals surface area contributed by atoms with Crippen molar-refractivity contribution < 1.29 is 4.79 Å². The van der Waals surface area contributed by atoms with Crippen LogP contribution in [0.1, 0.15) is 28.4 Å². The van der Waals surface area contributed by atoms with Gasteiger partial charge in [-0.05, 0) is 47.9 Å². The number of carbonyl (C=O) groups is 1. The van der Waals surface area contributed by atoms with Gasteiger partial charge in [0, 0.05) is 17.8 Å². The van der Waals surface area contributed by atoms with Gasteiger partial charge in [0.25, 0.3) is 5.91 Å². The first-order valence-corrected chi connectivity index (χ1v) is 9.50. The summed E-state index contributed by atoms with van der Waals surface area (Å²) in [5, 5.41) is 6.99. The molecule has 0 aromatic heterocycles. The van der Waals surface area contributed by atoms with Gasteiger partial charge in [-0.25, -0.2) is 0 Å². The molecule has 27 heavy (non-hydrogen) atoms. The van der Waals surface area contributed by atoms with Gasteiger partial charge in [-0.15, -0.1) is 0 Å². The number of para-hydroxylation sites is 1. The summed E-state index contributed by atoms with van der Waals surface area (Å²) < 4.78 is 0. The van der Waals surface area contributed by atoms with E-state index in [0.29, 0.717) is 27.8 Å². The predicted octanol–water partition coefficient (Wildman–Crippen LogP) is 6.42. The fraction of sp³-hybridized carbons (Fsp3) is 0.136. The zero-order valence-electron chi connectivity index (χ0n) is 14.9. The van der Waals surface area contributed by atoms with E-state index in [-0.39, 0.29) is 5.91 Å². The van der Waals surface area contributed by atoms with Crippen molar-refractivity contribution in [2.45, 2.75) is 19.9 Å². The highest BCUT2D eigenvalue weighted by Gasteiger charge is 2.11. The van der Waals surface area contributed by atoms with Gasteiger partial charge in [-0.1, -0.05) is 66.5 Å². The number of carbonyl (C=O) groups excluding carboxylic acids is 1. The molecule has 0 fully saturated rings. The Balaban J connectivity index is 1.71. The van der Waals surface area contributed by atoms with Crippen LogP contribution in [-0.2, 0) is 13.0 Å². The van der Waals surface area contributed by atoms with Crippen molar-refractivity contribution >= 4 is 40.5 Å². The van der Waals surface area contributed by atoms with Gasteiger partial charge in [0.05, 0.1) is 15.7 Å². The number of hydrogen-bond acceptors (Lipinski definition) is 2. The van der Waals surface area contributed by atoms with Crippen LogP contribution in [0.25, 0.3) is 0 Å². The Labute approximate surface area is 169 Å². The molecule has 138 valence electrons. The number of benzene rings is 3. The fourth-order valence-corrected chi connectivity index (χ4v) is 3.16. The SMILES string of the molecule is CCc1ccccc1NCc1cccc(C(=O)Nc2cccc(Cl)c2Cl)c1. The first-order valence-electron chi connectivity index (χ1n) is 8.74. The van der Waals surface area contributed by atoms with E-state index in [1.807, 2.05) is 30.3 Å². The first kappa shape index (κ1) is 19.3. The molecule has 3 nitrogen and oxygen atoms in total. The van der Waals surface area contributed by atoms with E-state index < -0.39 is 0 Å². The summed E-state index contributed by atoms with van der Waals surface area (Å²) in [7, 11) is 0. The molecule has 5 heteroatoms. The van der Waals surface area contributed by atoms with Gasteiger partial charge in [-0.2, -0.15) is 0 Å². The zero-order chi connectivity index (χ0) is 19.2. The number of nitrogens with one attached hydrogen (secondary N) is 2. The molecule has 0 spiro atoms. The number of amides is 1. The van der Waals surface area contributed by atoms with Crippen molar-refractivity contribution in [2.75, 3.05) is 10.6 Å². The number of halogens is 2. The lowest BCUT2D eigenvalue weighted by molar-refractivity contribution is 0.102. The van der Waals surface area contributed by atoms with Crippen LogP contribution < -0.4 is 10.6 Å². The van der Waals surface area contributed by atoms with Gasteiger partial charge in [0.15, 0.2) is 0 Å². The summed E-state index contributed by atoms with van der Waals surface area (Å²) in [6.45, 7) is 2.77. The Hall–Kier alpha value is -2.49. The van der Waals surface area contributed by atoms with Gasteiger partial charge in [-0.3, -0.25) is 4.79 Å². The lowest BCUT2D eigenvalue weighted by atomic mass is 10.1. The molecule has 0 saturated heterocycles. The van der Waals surface area contributed by atoms with Crippen LogP contribution >= 0.6 is 23.2 Å². The Bertz CT molecular complexity index is 957. The third-order valence-corrected chi connectivity index (χ3v) is 5.09. The summed E-state index contributed by atoms with van der Waals surface area (Å²) in [5.74, 6) is -0.227. The maximum Gasteiger partial charge on any atom is 0.255 e. The molecule has 0 aliphatic rings. The molecule has 0 saturated carbocycles. The standard InChI is InChI=1S/C22H20Cl2N2O/c1-2-16-8-3-4-11-19(16)25-14-15-7-5-9-17(13-15)22(27)26-20-12-6-10-18(23)21(20)24/h3-13,25H,2,14H2,1H3,(H,26,27). The minimum Gasteiger partial charge on any atom is -0.381 e. The van der Waals surface area contributed by atoms with Crippen molar-refractivity contribution in [1.82, 2.24) is 0 Å². The third-order valence-electron chi connectivity index (χ3n) is 4.27. The van der Waals surface area contributed by atoms with Crippen LogP contribution in [0.15, 0.2) is 66.7 Å². The second kappa shape index (κ2) is 8.94.